The summed E-state index contributed by atoms with van der Waals surface area (Å²) in [5, 5.41) is 8.51. The Balaban J connectivity index is 1.54. The van der Waals surface area contributed by atoms with Crippen LogP contribution in [-0.4, -0.2) is 19.2 Å². The first-order valence-corrected chi connectivity index (χ1v) is 11.9. The fourth-order valence-electron chi connectivity index (χ4n) is 3.43. The highest BCUT2D eigenvalue weighted by Crippen LogP contribution is 2.34. The lowest BCUT2D eigenvalue weighted by Crippen LogP contribution is -2.22. The molecular formula is C29H27F3N3O4. The fourth-order valence-corrected chi connectivity index (χ4v) is 3.43. The molecule has 1 radical (unpaired) electrons. The summed E-state index contributed by atoms with van der Waals surface area (Å²) in [5.74, 6) is -2.60. The Hall–Kier alpha value is -4.65. The number of nitriles is 1. The van der Waals surface area contributed by atoms with Gasteiger partial charge in [-0.1, -0.05) is 18.2 Å². The first kappa shape index (κ1) is 28.9. The Morgan fingerprint density at radius 3 is 2.51 bits per heavy atom. The van der Waals surface area contributed by atoms with Crippen LogP contribution in [0.15, 0.2) is 66.7 Å². The molecule has 0 fully saturated rings. The Labute approximate surface area is 224 Å². The minimum Gasteiger partial charge on any atom is -0.493 e. The molecule has 1 atom stereocenters. The van der Waals surface area contributed by atoms with Crippen molar-refractivity contribution in [2.45, 2.75) is 24.9 Å². The summed E-state index contributed by atoms with van der Waals surface area (Å²) in [6.45, 7) is 4.10. The van der Waals surface area contributed by atoms with Crippen molar-refractivity contribution >= 4 is 23.4 Å². The van der Waals surface area contributed by atoms with Gasteiger partial charge < -0.3 is 25.7 Å². The predicted molar refractivity (Wildman–Crippen MR) is 141 cm³/mol. The number of nitrogen functional groups attached to an aromatic ring is 2. The molecule has 0 aliphatic rings. The number of esters is 1. The zero-order valence-corrected chi connectivity index (χ0v) is 20.9. The average Bonchev–Trinajstić information content (AvgIpc) is 2.90. The molecule has 3 aromatic rings. The third-order valence-corrected chi connectivity index (χ3v) is 5.48. The molecule has 3 rings (SSSR count). The molecular weight excluding hydrogens is 511 g/mol. The van der Waals surface area contributed by atoms with E-state index in [1.54, 1.807) is 18.2 Å². The van der Waals surface area contributed by atoms with Gasteiger partial charge in [0.15, 0.2) is 11.6 Å². The van der Waals surface area contributed by atoms with E-state index in [1.165, 1.54) is 24.3 Å². The second kappa shape index (κ2) is 13.2. The first-order valence-electron chi connectivity index (χ1n) is 11.9. The van der Waals surface area contributed by atoms with Crippen LogP contribution >= 0.6 is 0 Å². The molecule has 0 heterocycles. The number of ether oxygens (including phenoxy) is 3. The number of alkyl halides is 2. The van der Waals surface area contributed by atoms with Gasteiger partial charge in [0.25, 0.3) is 0 Å². The van der Waals surface area contributed by atoms with Crippen LogP contribution in [0.2, 0.25) is 0 Å². The van der Waals surface area contributed by atoms with Crippen LogP contribution in [0, 0.1) is 24.1 Å². The zero-order valence-electron chi connectivity index (χ0n) is 20.9. The summed E-state index contributed by atoms with van der Waals surface area (Å²) in [6.07, 6.45) is -0.535. The zero-order chi connectivity index (χ0) is 28.4. The van der Waals surface area contributed by atoms with Crippen LogP contribution in [-0.2, 0) is 15.6 Å². The second-order valence-corrected chi connectivity index (χ2v) is 8.49. The molecule has 3 aromatic carbocycles. The number of carbonyl (C=O) groups excluding carboxylic acids is 1. The molecule has 0 aliphatic heterocycles. The number of halogens is 3. The van der Waals surface area contributed by atoms with Gasteiger partial charge in [-0.2, -0.15) is 14.0 Å². The summed E-state index contributed by atoms with van der Waals surface area (Å²) < 4.78 is 58.7. The minimum atomic E-state index is -3.83. The van der Waals surface area contributed by atoms with Crippen molar-refractivity contribution in [3.63, 3.8) is 0 Å². The van der Waals surface area contributed by atoms with Gasteiger partial charge in [-0.3, -0.25) is 0 Å². The van der Waals surface area contributed by atoms with Crippen molar-refractivity contribution in [2.24, 2.45) is 0 Å². The number of benzene rings is 3. The molecule has 0 aliphatic carbocycles. The van der Waals surface area contributed by atoms with Gasteiger partial charge in [0.2, 0.25) is 0 Å². The van der Waals surface area contributed by atoms with Crippen molar-refractivity contribution in [1.82, 2.24) is 0 Å². The molecule has 0 bridgehead atoms. The fraction of sp³-hybridized carbons (Fsp3) is 0.207. The highest BCUT2D eigenvalue weighted by Gasteiger charge is 2.35. The maximum atomic E-state index is 14.7. The van der Waals surface area contributed by atoms with Crippen molar-refractivity contribution in [3.05, 3.63) is 96.2 Å². The van der Waals surface area contributed by atoms with Crippen LogP contribution in [0.4, 0.5) is 24.5 Å². The van der Waals surface area contributed by atoms with Crippen molar-refractivity contribution in [3.8, 4) is 17.6 Å². The Morgan fingerprint density at radius 2 is 1.85 bits per heavy atom. The monoisotopic (exact) mass is 538 g/mol. The first-order chi connectivity index (χ1) is 18.6. The van der Waals surface area contributed by atoms with E-state index >= 15 is 0 Å². The van der Waals surface area contributed by atoms with Gasteiger partial charge >= 0.3 is 12.1 Å². The maximum Gasteiger partial charge on any atom is 0.426 e. The molecule has 1 unspecified atom stereocenters. The minimum absolute atomic E-state index is 0.0232. The highest BCUT2D eigenvalue weighted by molar-refractivity contribution is 5.87. The standard InChI is InChI=1S/C29H27F3N3O4/c1-19(24-11-9-22(34)16-26(24)35)18-38-28(36)13-6-20-4-7-21(8-5-20)29(31,32)39-27-12-10-23(17-25(27)30)37-15-3-2-14-33/h4-13,16-17,19H,1-3,15,18,34-35H2/b13-6+. The number of hydrogen-bond acceptors (Lipinski definition) is 7. The van der Waals surface area contributed by atoms with E-state index in [0.29, 0.717) is 28.9 Å². The van der Waals surface area contributed by atoms with Crippen LogP contribution < -0.4 is 20.9 Å². The van der Waals surface area contributed by atoms with Crippen LogP contribution in [0.1, 0.15) is 35.4 Å². The molecule has 39 heavy (non-hydrogen) atoms. The van der Waals surface area contributed by atoms with E-state index in [1.807, 2.05) is 6.07 Å². The smallest absolute Gasteiger partial charge is 0.426 e. The summed E-state index contributed by atoms with van der Waals surface area (Å²) in [7, 11) is 0. The molecule has 0 saturated carbocycles. The molecule has 203 valence electrons. The van der Waals surface area contributed by atoms with Gasteiger partial charge in [0, 0.05) is 35.9 Å². The van der Waals surface area contributed by atoms with E-state index in [2.05, 4.69) is 11.7 Å². The summed E-state index contributed by atoms with van der Waals surface area (Å²) in [6, 6.07) is 15.1. The molecule has 0 spiro atoms. The molecule has 0 saturated heterocycles. The molecule has 4 N–H and O–H groups in total. The summed E-state index contributed by atoms with van der Waals surface area (Å²) in [5.41, 5.74) is 13.2. The van der Waals surface area contributed by atoms with Gasteiger partial charge in [0.05, 0.1) is 24.8 Å². The highest BCUT2D eigenvalue weighted by atomic mass is 19.3. The Morgan fingerprint density at radius 1 is 1.10 bits per heavy atom. The quantitative estimate of drug-likeness (QED) is 0.126. The number of nitrogens with zero attached hydrogens (tertiary/aromatic N) is 1. The van der Waals surface area contributed by atoms with Gasteiger partial charge in [-0.15, -0.1) is 0 Å². The van der Waals surface area contributed by atoms with Crippen molar-refractivity contribution in [1.29, 1.82) is 5.26 Å². The third-order valence-electron chi connectivity index (χ3n) is 5.48. The van der Waals surface area contributed by atoms with E-state index in [4.69, 9.17) is 26.2 Å². The number of hydrogen-bond donors (Lipinski definition) is 2. The van der Waals surface area contributed by atoms with Crippen LogP contribution in [0.5, 0.6) is 11.5 Å². The molecule has 0 amide bonds. The molecule has 7 nitrogen and oxygen atoms in total. The lowest BCUT2D eigenvalue weighted by atomic mass is 10.00. The normalized spacial score (nSPS) is 12.1. The predicted octanol–water partition coefficient (Wildman–Crippen LogP) is 5.98. The van der Waals surface area contributed by atoms with Crippen molar-refractivity contribution in [2.75, 3.05) is 24.7 Å². The lowest BCUT2D eigenvalue weighted by Gasteiger charge is -2.19. The van der Waals surface area contributed by atoms with E-state index < -0.39 is 35.1 Å². The van der Waals surface area contributed by atoms with Crippen LogP contribution in [0.3, 0.4) is 0 Å². The SMILES string of the molecule is [CH2]C(COC(=O)/C=C/c1ccc(C(F)(F)Oc2ccc(OCCCC#N)cc2F)cc1)c1ccc(N)cc1N. The van der Waals surface area contributed by atoms with Gasteiger partial charge in [-0.05, 0) is 66.9 Å². The molecule has 10 heteroatoms. The molecule has 0 aromatic heterocycles. The largest absolute Gasteiger partial charge is 0.493 e. The lowest BCUT2D eigenvalue weighted by molar-refractivity contribution is -0.187. The number of unbranched alkanes of at least 4 members (excludes halogenated alkanes) is 1. The average molecular weight is 539 g/mol. The van der Waals surface area contributed by atoms with E-state index in [0.717, 1.165) is 30.3 Å². The van der Waals surface area contributed by atoms with E-state index in [9.17, 15) is 18.0 Å². The van der Waals surface area contributed by atoms with Gasteiger partial charge in [0.1, 0.15) is 5.75 Å². The number of rotatable bonds is 12. The Bertz CT molecular complexity index is 1350. The van der Waals surface area contributed by atoms with Crippen LogP contribution in [0.25, 0.3) is 6.08 Å². The van der Waals surface area contributed by atoms with Gasteiger partial charge in [-0.25, -0.2) is 9.18 Å². The maximum absolute atomic E-state index is 14.7. The van der Waals surface area contributed by atoms with Crippen molar-refractivity contribution < 1.29 is 32.2 Å². The topological polar surface area (TPSA) is 121 Å². The van der Waals surface area contributed by atoms with E-state index in [-0.39, 0.29) is 25.4 Å². The number of nitrogens with two attached hydrogens (primary N) is 2. The number of anilines is 2. The third kappa shape index (κ3) is 8.43. The Kier molecular flexibility index (Phi) is 9.81. The summed E-state index contributed by atoms with van der Waals surface area (Å²) in [4.78, 5) is 12.1. The second-order valence-electron chi connectivity index (χ2n) is 8.49. The number of carbonyl (C=O) groups is 1. The summed E-state index contributed by atoms with van der Waals surface area (Å²) >= 11 is 0.